The maximum absolute atomic E-state index is 11.9. The van der Waals surface area contributed by atoms with Crippen molar-refractivity contribution in [2.75, 3.05) is 20.3 Å². The van der Waals surface area contributed by atoms with Crippen molar-refractivity contribution in [1.82, 2.24) is 4.90 Å². The third-order valence-corrected chi connectivity index (χ3v) is 4.75. The van der Waals surface area contributed by atoms with Gasteiger partial charge in [-0.25, -0.2) is 0 Å². The van der Waals surface area contributed by atoms with Crippen LogP contribution in [-0.4, -0.2) is 48.8 Å². The van der Waals surface area contributed by atoms with Gasteiger partial charge in [0.1, 0.15) is 0 Å². The van der Waals surface area contributed by atoms with Crippen molar-refractivity contribution in [2.45, 2.75) is 57.3 Å². The third kappa shape index (κ3) is 5.03. The summed E-state index contributed by atoms with van der Waals surface area (Å²) in [6, 6.07) is 10.9. The number of carbonyl (C=O) groups excluding carboxylic acids is 1. The number of benzene rings is 1. The van der Waals surface area contributed by atoms with Crippen LogP contribution in [0.5, 0.6) is 0 Å². The Morgan fingerprint density at radius 1 is 1.33 bits per heavy atom. The second-order valence-corrected chi connectivity index (χ2v) is 6.87. The molecule has 3 atom stereocenters. The summed E-state index contributed by atoms with van der Waals surface area (Å²) >= 11 is 0. The van der Waals surface area contributed by atoms with Crippen LogP contribution in [0, 0.1) is 0 Å². The van der Waals surface area contributed by atoms with E-state index in [4.69, 9.17) is 15.2 Å². The normalized spacial score (nSPS) is 27.8. The second-order valence-electron chi connectivity index (χ2n) is 6.87. The molecule has 1 aromatic rings. The molecule has 24 heavy (non-hydrogen) atoms. The molecule has 3 unspecified atom stereocenters. The fraction of sp³-hybridized carbons (Fsp3) is 0.632. The van der Waals surface area contributed by atoms with Crippen LogP contribution in [0.15, 0.2) is 30.3 Å². The molecule has 1 aliphatic rings. The fourth-order valence-corrected chi connectivity index (χ4v) is 3.81. The molecular weight excluding hydrogens is 304 g/mol. The molecule has 0 bridgehead atoms. The van der Waals surface area contributed by atoms with Gasteiger partial charge < -0.3 is 15.2 Å². The van der Waals surface area contributed by atoms with Crippen molar-refractivity contribution in [1.29, 1.82) is 0 Å². The van der Waals surface area contributed by atoms with E-state index < -0.39 is 5.54 Å². The van der Waals surface area contributed by atoms with Gasteiger partial charge in [-0.2, -0.15) is 0 Å². The number of hydrogen-bond acceptors (Lipinski definition) is 5. The Kier molecular flexibility index (Phi) is 6.78. The van der Waals surface area contributed by atoms with E-state index in [1.165, 1.54) is 5.56 Å². The summed E-state index contributed by atoms with van der Waals surface area (Å²) in [6.07, 6.45) is 1.78. The first kappa shape index (κ1) is 18.9. The number of hydrogen-bond donors (Lipinski definition) is 1. The first-order chi connectivity index (χ1) is 11.5. The highest BCUT2D eigenvalue weighted by atomic mass is 16.5. The zero-order valence-electron chi connectivity index (χ0n) is 15.0. The maximum Gasteiger partial charge on any atom is 0.307 e. The highest BCUT2D eigenvalue weighted by Gasteiger charge is 2.42. The van der Waals surface area contributed by atoms with E-state index in [1.54, 1.807) is 7.11 Å². The van der Waals surface area contributed by atoms with Gasteiger partial charge >= 0.3 is 5.97 Å². The van der Waals surface area contributed by atoms with Crippen molar-refractivity contribution in [3.63, 3.8) is 0 Å². The van der Waals surface area contributed by atoms with Crippen LogP contribution in [0.2, 0.25) is 0 Å². The Labute approximate surface area is 145 Å². The van der Waals surface area contributed by atoms with E-state index in [0.29, 0.717) is 13.2 Å². The largest absolute Gasteiger partial charge is 0.466 e. The summed E-state index contributed by atoms with van der Waals surface area (Å²) in [5, 5.41) is 0. The summed E-state index contributed by atoms with van der Waals surface area (Å²) in [5.74, 6) is -0.208. The summed E-state index contributed by atoms with van der Waals surface area (Å²) in [7, 11) is 1.71. The van der Waals surface area contributed by atoms with Gasteiger partial charge in [-0.3, -0.25) is 9.69 Å². The minimum Gasteiger partial charge on any atom is -0.466 e. The Hall–Kier alpha value is -1.43. The van der Waals surface area contributed by atoms with E-state index in [9.17, 15) is 4.79 Å². The number of nitrogens with zero attached hydrogens (tertiary/aromatic N) is 1. The number of ether oxygens (including phenoxy) is 2. The Balaban J connectivity index is 2.10. The SMILES string of the molecule is CCOC(=O)CC1(N)CC(C)N(Cc2ccccc2)C(COC)C1. The highest BCUT2D eigenvalue weighted by molar-refractivity contribution is 5.71. The molecule has 1 fully saturated rings. The Bertz CT molecular complexity index is 523. The van der Waals surface area contributed by atoms with Crippen LogP contribution in [0.3, 0.4) is 0 Å². The number of rotatable bonds is 7. The molecule has 0 radical (unpaired) electrons. The summed E-state index contributed by atoms with van der Waals surface area (Å²) in [4.78, 5) is 14.4. The van der Waals surface area contributed by atoms with E-state index in [2.05, 4.69) is 36.1 Å². The standard InChI is InChI=1S/C19H30N2O3/c1-4-24-18(22)12-19(20)10-15(2)21(17(11-19)14-23-3)13-16-8-6-5-7-9-16/h5-9,15,17H,4,10-14,20H2,1-3H3. The van der Waals surface area contributed by atoms with Crippen LogP contribution < -0.4 is 5.73 Å². The predicted octanol–water partition coefficient (Wildman–Crippen LogP) is 2.34. The smallest absolute Gasteiger partial charge is 0.307 e. The second kappa shape index (κ2) is 8.60. The van der Waals surface area contributed by atoms with E-state index >= 15 is 0 Å². The Morgan fingerprint density at radius 3 is 2.67 bits per heavy atom. The maximum atomic E-state index is 11.9. The zero-order valence-corrected chi connectivity index (χ0v) is 15.0. The van der Waals surface area contributed by atoms with Crippen molar-refractivity contribution < 1.29 is 14.3 Å². The number of carbonyl (C=O) groups is 1. The molecule has 1 aliphatic heterocycles. The molecule has 5 nitrogen and oxygen atoms in total. The first-order valence-corrected chi connectivity index (χ1v) is 8.70. The quantitative estimate of drug-likeness (QED) is 0.775. The molecule has 134 valence electrons. The molecule has 2 N–H and O–H groups in total. The number of esters is 1. The lowest BCUT2D eigenvalue weighted by Crippen LogP contribution is -2.60. The summed E-state index contributed by atoms with van der Waals surface area (Å²) in [6.45, 7) is 5.87. The molecule has 1 heterocycles. The minimum absolute atomic E-state index is 0.193. The van der Waals surface area contributed by atoms with Crippen molar-refractivity contribution >= 4 is 5.97 Å². The third-order valence-electron chi connectivity index (χ3n) is 4.75. The van der Waals surface area contributed by atoms with Crippen LogP contribution in [-0.2, 0) is 20.8 Å². The molecule has 2 rings (SSSR count). The predicted molar refractivity (Wildman–Crippen MR) is 94.5 cm³/mol. The molecule has 0 amide bonds. The lowest BCUT2D eigenvalue weighted by molar-refractivity contribution is -0.145. The van der Waals surface area contributed by atoms with Crippen molar-refractivity contribution in [3.8, 4) is 0 Å². The fourth-order valence-electron chi connectivity index (χ4n) is 3.81. The summed E-state index contributed by atoms with van der Waals surface area (Å²) in [5.41, 5.74) is 7.33. The number of nitrogens with two attached hydrogens (primary N) is 1. The van der Waals surface area contributed by atoms with Crippen LogP contribution in [0.1, 0.15) is 38.7 Å². The van der Waals surface area contributed by atoms with Gasteiger partial charge in [0.05, 0.1) is 19.6 Å². The van der Waals surface area contributed by atoms with Gasteiger partial charge in [-0.15, -0.1) is 0 Å². The molecule has 1 saturated heterocycles. The number of likely N-dealkylation sites (tertiary alicyclic amines) is 1. The van der Waals surface area contributed by atoms with Crippen molar-refractivity contribution in [2.24, 2.45) is 5.73 Å². The minimum atomic E-state index is -0.526. The van der Waals surface area contributed by atoms with E-state index in [0.717, 1.165) is 19.4 Å². The molecule has 1 aromatic carbocycles. The van der Waals surface area contributed by atoms with E-state index in [1.807, 2.05) is 13.0 Å². The number of methoxy groups -OCH3 is 1. The van der Waals surface area contributed by atoms with Crippen molar-refractivity contribution in [3.05, 3.63) is 35.9 Å². The molecule has 0 aliphatic carbocycles. The van der Waals surface area contributed by atoms with Crippen LogP contribution >= 0.6 is 0 Å². The molecule has 5 heteroatoms. The Morgan fingerprint density at radius 2 is 2.04 bits per heavy atom. The first-order valence-electron chi connectivity index (χ1n) is 8.70. The van der Waals surface area contributed by atoms with Gasteiger partial charge in [0.15, 0.2) is 0 Å². The number of piperidine rings is 1. The molecule has 0 spiro atoms. The molecular formula is C19H30N2O3. The lowest BCUT2D eigenvalue weighted by Gasteiger charge is -2.48. The molecule has 0 saturated carbocycles. The van der Waals surface area contributed by atoms with Gasteiger partial charge in [0.25, 0.3) is 0 Å². The lowest BCUT2D eigenvalue weighted by atomic mass is 9.78. The average Bonchev–Trinajstić information content (AvgIpc) is 2.52. The average molecular weight is 334 g/mol. The topological polar surface area (TPSA) is 64.8 Å². The highest BCUT2D eigenvalue weighted by Crippen LogP contribution is 2.33. The monoisotopic (exact) mass is 334 g/mol. The van der Waals surface area contributed by atoms with Crippen LogP contribution in [0.25, 0.3) is 0 Å². The summed E-state index contributed by atoms with van der Waals surface area (Å²) < 4.78 is 10.5. The van der Waals surface area contributed by atoms with E-state index in [-0.39, 0.29) is 24.5 Å². The van der Waals surface area contributed by atoms with Gasteiger partial charge in [0, 0.05) is 31.3 Å². The van der Waals surface area contributed by atoms with Gasteiger partial charge in [-0.1, -0.05) is 30.3 Å². The van der Waals surface area contributed by atoms with Crippen LogP contribution in [0.4, 0.5) is 0 Å². The molecule has 0 aromatic heterocycles. The van der Waals surface area contributed by atoms with Gasteiger partial charge in [0.2, 0.25) is 0 Å². The zero-order chi connectivity index (χ0) is 17.6. The van der Waals surface area contributed by atoms with Gasteiger partial charge in [-0.05, 0) is 32.3 Å².